The minimum absolute atomic E-state index is 0.112. The first-order chi connectivity index (χ1) is 9.22. The van der Waals surface area contributed by atoms with Gasteiger partial charge in [-0.05, 0) is 49.6 Å². The normalized spacial score (nSPS) is 12.2. The van der Waals surface area contributed by atoms with E-state index in [0.717, 1.165) is 14.6 Å². The third kappa shape index (κ3) is 3.81. The zero-order valence-corrected chi connectivity index (χ0v) is 13.7. The van der Waals surface area contributed by atoms with Crippen LogP contribution in [0.1, 0.15) is 11.6 Å². The molecule has 1 N–H and O–H groups in total. The van der Waals surface area contributed by atoms with Crippen molar-refractivity contribution in [3.8, 4) is 0 Å². The topological polar surface area (TPSA) is 21.3 Å². The molecule has 0 aliphatic heterocycles. The van der Waals surface area contributed by atoms with E-state index in [0.29, 0.717) is 6.61 Å². The van der Waals surface area contributed by atoms with Gasteiger partial charge in [-0.15, -0.1) is 0 Å². The van der Waals surface area contributed by atoms with Gasteiger partial charge in [-0.1, -0.05) is 36.4 Å². The van der Waals surface area contributed by atoms with E-state index in [-0.39, 0.29) is 6.04 Å². The van der Waals surface area contributed by atoms with Crippen LogP contribution in [0.2, 0.25) is 0 Å². The highest BCUT2D eigenvalue weighted by atomic mass is 79.9. The van der Waals surface area contributed by atoms with E-state index in [4.69, 9.17) is 4.74 Å². The fraction of sp³-hybridized carbons (Fsp3) is 0.200. The fourth-order valence-electron chi connectivity index (χ4n) is 1.88. The highest BCUT2D eigenvalue weighted by molar-refractivity contribution is 9.11. The Bertz CT molecular complexity index is 511. The van der Waals surface area contributed by atoms with Gasteiger partial charge in [-0.3, -0.25) is 0 Å². The van der Waals surface area contributed by atoms with Crippen LogP contribution in [0.5, 0.6) is 0 Å². The van der Waals surface area contributed by atoms with E-state index < -0.39 is 0 Å². The summed E-state index contributed by atoms with van der Waals surface area (Å²) >= 11 is 7.13. The molecule has 1 atom stereocenters. The van der Waals surface area contributed by atoms with E-state index in [1.807, 2.05) is 36.4 Å². The molecule has 0 aliphatic rings. The van der Waals surface area contributed by atoms with Gasteiger partial charge in [0.2, 0.25) is 0 Å². The van der Waals surface area contributed by atoms with E-state index >= 15 is 0 Å². The van der Waals surface area contributed by atoms with Gasteiger partial charge in [-0.2, -0.15) is 0 Å². The molecule has 1 unspecified atom stereocenters. The summed E-state index contributed by atoms with van der Waals surface area (Å²) in [5.41, 5.74) is 2.24. The van der Waals surface area contributed by atoms with Crippen LogP contribution in [0.3, 0.4) is 0 Å². The van der Waals surface area contributed by atoms with Gasteiger partial charge in [-0.25, -0.2) is 0 Å². The lowest BCUT2D eigenvalue weighted by molar-refractivity contribution is 0.186. The molecule has 2 aromatic rings. The third-order valence-electron chi connectivity index (χ3n) is 2.82. The zero-order valence-electron chi connectivity index (χ0n) is 10.6. The van der Waals surface area contributed by atoms with Gasteiger partial charge in [0.05, 0.1) is 18.3 Å². The fourth-order valence-corrected chi connectivity index (χ4v) is 3.11. The van der Waals surface area contributed by atoms with Crippen molar-refractivity contribution in [2.24, 2.45) is 0 Å². The lowest BCUT2D eigenvalue weighted by atomic mass is 10.1. The third-order valence-corrected chi connectivity index (χ3v) is 4.14. The van der Waals surface area contributed by atoms with Crippen molar-refractivity contribution in [3.05, 3.63) is 63.0 Å². The number of hydrogen-bond acceptors (Lipinski definition) is 2. The maximum absolute atomic E-state index is 5.32. The first-order valence-electron chi connectivity index (χ1n) is 5.97. The number of ether oxygens (including phenoxy) is 1. The average molecular weight is 385 g/mol. The van der Waals surface area contributed by atoms with E-state index in [1.165, 1.54) is 5.56 Å². The Balaban J connectivity index is 2.27. The van der Waals surface area contributed by atoms with Crippen LogP contribution < -0.4 is 5.32 Å². The minimum Gasteiger partial charge on any atom is -0.382 e. The van der Waals surface area contributed by atoms with Crippen LogP contribution in [0.15, 0.2) is 57.5 Å². The number of para-hydroxylation sites is 1. The highest BCUT2D eigenvalue weighted by Gasteiger charge is 2.14. The Kier molecular flexibility index (Phi) is 5.43. The molecule has 0 aliphatic carbocycles. The van der Waals surface area contributed by atoms with Crippen molar-refractivity contribution in [1.29, 1.82) is 0 Å². The first kappa shape index (κ1) is 14.6. The van der Waals surface area contributed by atoms with Crippen molar-refractivity contribution in [2.75, 3.05) is 19.0 Å². The quantitative estimate of drug-likeness (QED) is 0.782. The number of anilines is 1. The van der Waals surface area contributed by atoms with Crippen LogP contribution in [0, 0.1) is 0 Å². The monoisotopic (exact) mass is 383 g/mol. The molecule has 0 bridgehead atoms. The Morgan fingerprint density at radius 1 is 1.00 bits per heavy atom. The summed E-state index contributed by atoms with van der Waals surface area (Å²) in [6, 6.07) is 16.4. The van der Waals surface area contributed by atoms with Crippen molar-refractivity contribution in [3.63, 3.8) is 0 Å². The predicted molar refractivity (Wildman–Crippen MR) is 86.5 cm³/mol. The number of hydrogen-bond donors (Lipinski definition) is 1. The van der Waals surface area contributed by atoms with Crippen molar-refractivity contribution in [2.45, 2.75) is 6.04 Å². The van der Waals surface area contributed by atoms with Crippen LogP contribution in [-0.2, 0) is 4.74 Å². The average Bonchev–Trinajstić information content (AvgIpc) is 2.43. The van der Waals surface area contributed by atoms with Gasteiger partial charge in [0, 0.05) is 16.1 Å². The summed E-state index contributed by atoms with van der Waals surface area (Å²) < 4.78 is 7.37. The van der Waals surface area contributed by atoms with Gasteiger partial charge < -0.3 is 10.1 Å². The van der Waals surface area contributed by atoms with E-state index in [1.54, 1.807) is 7.11 Å². The molecule has 2 nitrogen and oxygen atoms in total. The Morgan fingerprint density at radius 2 is 1.63 bits per heavy atom. The van der Waals surface area contributed by atoms with Gasteiger partial charge in [0.25, 0.3) is 0 Å². The molecule has 0 fully saturated rings. The van der Waals surface area contributed by atoms with Crippen LogP contribution in [-0.4, -0.2) is 13.7 Å². The zero-order chi connectivity index (χ0) is 13.7. The van der Waals surface area contributed by atoms with Crippen LogP contribution in [0.4, 0.5) is 5.69 Å². The van der Waals surface area contributed by atoms with Crippen molar-refractivity contribution in [1.82, 2.24) is 0 Å². The van der Waals surface area contributed by atoms with Crippen LogP contribution in [0.25, 0.3) is 0 Å². The molecule has 0 saturated heterocycles. The van der Waals surface area contributed by atoms with Crippen molar-refractivity contribution >= 4 is 37.5 Å². The summed E-state index contributed by atoms with van der Waals surface area (Å²) in [6.07, 6.45) is 0. The Hall–Kier alpha value is -0.840. The van der Waals surface area contributed by atoms with Crippen molar-refractivity contribution < 1.29 is 4.74 Å². The molecule has 0 spiro atoms. The standard InChI is InChI=1S/C15H15Br2NO/c1-19-10-14(11-6-3-2-4-7-11)18-15-12(16)8-5-9-13(15)17/h2-9,14,18H,10H2,1H3. The number of halogens is 2. The molecule has 2 aromatic carbocycles. The molecule has 2 rings (SSSR count). The molecule has 0 amide bonds. The Morgan fingerprint density at radius 3 is 2.21 bits per heavy atom. The predicted octanol–water partition coefficient (Wildman–Crippen LogP) is 5.01. The molecule has 4 heteroatoms. The molecular weight excluding hydrogens is 370 g/mol. The maximum Gasteiger partial charge on any atom is 0.0748 e. The second kappa shape index (κ2) is 7.08. The largest absolute Gasteiger partial charge is 0.382 e. The molecule has 100 valence electrons. The lowest BCUT2D eigenvalue weighted by Gasteiger charge is -2.21. The second-order valence-electron chi connectivity index (χ2n) is 4.16. The van der Waals surface area contributed by atoms with Gasteiger partial charge in [0.15, 0.2) is 0 Å². The summed E-state index contributed by atoms with van der Waals surface area (Å²) in [7, 11) is 1.71. The molecule has 0 aromatic heterocycles. The van der Waals surface area contributed by atoms with E-state index in [2.05, 4.69) is 49.3 Å². The van der Waals surface area contributed by atoms with Gasteiger partial charge >= 0.3 is 0 Å². The summed E-state index contributed by atoms with van der Waals surface area (Å²) in [4.78, 5) is 0. The maximum atomic E-state index is 5.32. The molecule has 0 radical (unpaired) electrons. The van der Waals surface area contributed by atoms with Crippen LogP contribution >= 0.6 is 31.9 Å². The molecule has 0 saturated carbocycles. The number of benzene rings is 2. The van der Waals surface area contributed by atoms with Gasteiger partial charge in [0.1, 0.15) is 0 Å². The number of methoxy groups -OCH3 is 1. The summed E-state index contributed by atoms with van der Waals surface area (Å²) in [5.74, 6) is 0. The Labute approximate surface area is 130 Å². The summed E-state index contributed by atoms with van der Waals surface area (Å²) in [6.45, 7) is 0.609. The number of nitrogens with one attached hydrogen (secondary N) is 1. The minimum atomic E-state index is 0.112. The molecule has 19 heavy (non-hydrogen) atoms. The first-order valence-corrected chi connectivity index (χ1v) is 7.55. The smallest absolute Gasteiger partial charge is 0.0748 e. The molecular formula is C15H15Br2NO. The van der Waals surface area contributed by atoms with E-state index in [9.17, 15) is 0 Å². The second-order valence-corrected chi connectivity index (χ2v) is 5.87. The highest BCUT2D eigenvalue weighted by Crippen LogP contribution is 2.33. The number of rotatable bonds is 5. The lowest BCUT2D eigenvalue weighted by Crippen LogP contribution is -2.16. The molecule has 0 heterocycles. The SMILES string of the molecule is COCC(Nc1c(Br)cccc1Br)c1ccccc1. The summed E-state index contributed by atoms with van der Waals surface area (Å²) in [5, 5.41) is 3.51.